The van der Waals surface area contributed by atoms with Crippen LogP contribution in [0, 0.1) is 11.2 Å². The van der Waals surface area contributed by atoms with Crippen molar-refractivity contribution >= 4 is 22.9 Å². The molecule has 0 N–H and O–H groups in total. The second-order valence-electron chi connectivity index (χ2n) is 9.96. The van der Waals surface area contributed by atoms with Crippen molar-refractivity contribution in [2.75, 3.05) is 40.0 Å². The summed E-state index contributed by atoms with van der Waals surface area (Å²) in [7, 11) is 1.53. The third-order valence-electron chi connectivity index (χ3n) is 7.04. The molecule has 1 aliphatic carbocycles. The van der Waals surface area contributed by atoms with Gasteiger partial charge in [0.05, 0.1) is 55.1 Å². The number of aromatic nitrogens is 3. The van der Waals surface area contributed by atoms with Crippen molar-refractivity contribution in [3.05, 3.63) is 47.3 Å². The van der Waals surface area contributed by atoms with Gasteiger partial charge in [0.15, 0.2) is 23.1 Å². The lowest BCUT2D eigenvalue weighted by atomic mass is 9.78. The number of pyridine rings is 1. The Kier molecular flexibility index (Phi) is 5.91. The summed E-state index contributed by atoms with van der Waals surface area (Å²) < 4.78 is 37.6. The van der Waals surface area contributed by atoms with Crippen molar-refractivity contribution in [2.24, 2.45) is 5.41 Å². The Labute approximate surface area is 213 Å². The summed E-state index contributed by atoms with van der Waals surface area (Å²) in [5.74, 6) is 0.798. The normalized spacial score (nSPS) is 17.2. The van der Waals surface area contributed by atoms with Gasteiger partial charge in [0.2, 0.25) is 11.8 Å². The molecule has 6 rings (SSSR count). The van der Waals surface area contributed by atoms with Gasteiger partial charge in [-0.2, -0.15) is 0 Å². The molecule has 0 saturated carbocycles. The van der Waals surface area contributed by atoms with Crippen LogP contribution in [0.15, 0.2) is 30.2 Å². The van der Waals surface area contributed by atoms with Gasteiger partial charge in [-0.3, -0.25) is 9.78 Å². The van der Waals surface area contributed by atoms with Crippen LogP contribution >= 0.6 is 0 Å². The topological polar surface area (TPSA) is 95.9 Å². The first kappa shape index (κ1) is 23.6. The molecule has 2 aromatic heterocycles. The molecule has 2 aliphatic heterocycles. The lowest BCUT2D eigenvalue weighted by molar-refractivity contribution is -0.195. The largest absolute Gasteiger partial charge is 0.493 e. The zero-order valence-corrected chi connectivity index (χ0v) is 20.8. The van der Waals surface area contributed by atoms with Gasteiger partial charge in [-0.25, -0.2) is 14.4 Å². The highest BCUT2D eigenvalue weighted by atomic mass is 19.1. The molecule has 10 heteroatoms. The summed E-state index contributed by atoms with van der Waals surface area (Å²) in [6, 6.07) is 3.43. The first-order chi connectivity index (χ1) is 17.9. The van der Waals surface area contributed by atoms with Gasteiger partial charge in [-0.15, -0.1) is 0 Å². The molecule has 2 saturated heterocycles. The fraction of sp³-hybridized carbons (Fsp3) is 0.407. The molecule has 1 amide bonds. The average molecular weight is 507 g/mol. The van der Waals surface area contributed by atoms with E-state index in [1.807, 2.05) is 11.8 Å². The smallest absolute Gasteiger partial charge is 0.230 e. The second-order valence-corrected chi connectivity index (χ2v) is 9.96. The van der Waals surface area contributed by atoms with E-state index in [9.17, 15) is 4.79 Å². The molecule has 192 valence electrons. The number of fused-ring (bicyclic) bond motifs is 2. The molecule has 0 radical (unpaired) electrons. The van der Waals surface area contributed by atoms with Crippen molar-refractivity contribution in [1.82, 2.24) is 19.9 Å². The van der Waals surface area contributed by atoms with Gasteiger partial charge >= 0.3 is 0 Å². The number of carbonyl (C=O) groups excluding carboxylic acids is 1. The predicted molar refractivity (Wildman–Crippen MR) is 132 cm³/mol. The predicted octanol–water partition coefficient (Wildman–Crippen LogP) is 3.94. The van der Waals surface area contributed by atoms with Crippen molar-refractivity contribution in [2.45, 2.75) is 26.2 Å². The second kappa shape index (κ2) is 9.26. The minimum Gasteiger partial charge on any atom is -0.493 e. The fourth-order valence-electron chi connectivity index (χ4n) is 5.02. The molecule has 9 nitrogen and oxygen atoms in total. The minimum absolute atomic E-state index is 0.00776. The standard InChI is InChI=1S/C27H27FN4O5/c1-16-6-17-19(7-16)29-10-23(25(17)28)37-26-18-8-21(34-2)22(9-20(18)30-15-31-26)36-5-3-4-24(33)32-11-27(12-32)13-35-14-27/h6,8-10,15H,3-5,7,11-14H2,1-2H3. The number of ether oxygens (including phenoxy) is 4. The average Bonchev–Trinajstić information content (AvgIpc) is 3.22. The van der Waals surface area contributed by atoms with Crippen LogP contribution in [0.1, 0.15) is 31.0 Å². The van der Waals surface area contributed by atoms with E-state index < -0.39 is 5.82 Å². The van der Waals surface area contributed by atoms with Crippen LogP contribution in [-0.4, -0.2) is 65.8 Å². The van der Waals surface area contributed by atoms with Gasteiger partial charge in [-0.1, -0.05) is 11.6 Å². The van der Waals surface area contributed by atoms with E-state index in [2.05, 4.69) is 15.0 Å². The summed E-state index contributed by atoms with van der Waals surface area (Å²) in [5, 5.41) is 0.542. The van der Waals surface area contributed by atoms with Crippen LogP contribution in [0.5, 0.6) is 23.1 Å². The summed E-state index contributed by atoms with van der Waals surface area (Å²) in [6.45, 7) is 5.38. The molecule has 2 fully saturated rings. The van der Waals surface area contributed by atoms with Crippen LogP contribution < -0.4 is 14.2 Å². The van der Waals surface area contributed by atoms with Crippen LogP contribution in [0.3, 0.4) is 0 Å². The van der Waals surface area contributed by atoms with E-state index >= 15 is 4.39 Å². The van der Waals surface area contributed by atoms with Crippen LogP contribution in [0.4, 0.5) is 4.39 Å². The lowest BCUT2D eigenvalue weighted by Crippen LogP contribution is -2.67. The van der Waals surface area contributed by atoms with E-state index in [1.165, 1.54) is 19.6 Å². The number of likely N-dealkylation sites (tertiary alicyclic amines) is 1. The first-order valence-electron chi connectivity index (χ1n) is 12.3. The number of nitrogens with zero attached hydrogens (tertiary/aromatic N) is 4. The van der Waals surface area contributed by atoms with Crippen LogP contribution in [0.2, 0.25) is 0 Å². The van der Waals surface area contributed by atoms with E-state index in [0.717, 1.165) is 31.9 Å². The summed E-state index contributed by atoms with van der Waals surface area (Å²) in [5.41, 5.74) is 2.96. The highest BCUT2D eigenvalue weighted by Gasteiger charge is 2.50. The number of amides is 1. The molecule has 3 aromatic rings. The number of hydrogen-bond acceptors (Lipinski definition) is 8. The summed E-state index contributed by atoms with van der Waals surface area (Å²) in [4.78, 5) is 27.2. The molecular weight excluding hydrogens is 479 g/mol. The molecule has 0 bridgehead atoms. The minimum atomic E-state index is -0.468. The maximum atomic E-state index is 15.1. The molecule has 37 heavy (non-hydrogen) atoms. The number of benzene rings is 1. The number of carbonyl (C=O) groups is 1. The number of rotatable bonds is 8. The van der Waals surface area contributed by atoms with Crippen molar-refractivity contribution in [1.29, 1.82) is 0 Å². The SMILES string of the molecule is COc1cc2c(Oc3cnc4c(c3F)C=C(C)C4)ncnc2cc1OCCCC(=O)N1CC2(COC2)C1. The zero-order chi connectivity index (χ0) is 25.6. The molecule has 4 heterocycles. The number of hydrogen-bond donors (Lipinski definition) is 0. The Morgan fingerprint density at radius 1 is 1.16 bits per heavy atom. The molecule has 0 unspecified atom stereocenters. The summed E-state index contributed by atoms with van der Waals surface area (Å²) >= 11 is 0. The van der Waals surface area contributed by atoms with Crippen LogP contribution in [-0.2, 0) is 16.0 Å². The van der Waals surface area contributed by atoms with Crippen molar-refractivity contribution in [3.63, 3.8) is 0 Å². The van der Waals surface area contributed by atoms with Gasteiger partial charge in [0.25, 0.3) is 0 Å². The molecule has 3 aliphatic rings. The van der Waals surface area contributed by atoms with Gasteiger partial charge in [0, 0.05) is 37.6 Å². The third-order valence-corrected chi connectivity index (χ3v) is 7.04. The molecule has 1 aromatic carbocycles. The van der Waals surface area contributed by atoms with E-state index in [0.29, 0.717) is 59.5 Å². The number of halogens is 1. The van der Waals surface area contributed by atoms with Crippen molar-refractivity contribution in [3.8, 4) is 23.1 Å². The van der Waals surface area contributed by atoms with Crippen LogP contribution in [0.25, 0.3) is 17.0 Å². The van der Waals surface area contributed by atoms with E-state index in [4.69, 9.17) is 18.9 Å². The molecular formula is C27H27FN4O5. The van der Waals surface area contributed by atoms with Gasteiger partial charge < -0.3 is 23.8 Å². The first-order valence-corrected chi connectivity index (χ1v) is 12.3. The maximum Gasteiger partial charge on any atom is 0.230 e. The van der Waals surface area contributed by atoms with Gasteiger partial charge in [-0.05, 0) is 19.4 Å². The lowest BCUT2D eigenvalue weighted by Gasteiger charge is -2.55. The quantitative estimate of drug-likeness (QED) is 0.424. The Morgan fingerprint density at radius 3 is 2.76 bits per heavy atom. The highest BCUT2D eigenvalue weighted by molar-refractivity contribution is 5.87. The Bertz CT molecular complexity index is 1410. The monoisotopic (exact) mass is 506 g/mol. The maximum absolute atomic E-state index is 15.1. The molecule has 1 spiro atoms. The van der Waals surface area contributed by atoms with Crippen molar-refractivity contribution < 1.29 is 28.1 Å². The fourth-order valence-corrected chi connectivity index (χ4v) is 5.02. The Balaban J connectivity index is 1.13. The highest BCUT2D eigenvalue weighted by Crippen LogP contribution is 2.39. The zero-order valence-electron chi connectivity index (χ0n) is 20.8. The number of methoxy groups -OCH3 is 1. The Hall–Kier alpha value is -3.79. The molecule has 0 atom stereocenters. The number of allylic oxidation sites excluding steroid dienone is 1. The van der Waals surface area contributed by atoms with Gasteiger partial charge in [0.1, 0.15) is 6.33 Å². The summed E-state index contributed by atoms with van der Waals surface area (Å²) in [6.07, 6.45) is 6.14. The van der Waals surface area contributed by atoms with E-state index in [-0.39, 0.29) is 23.0 Å². The Morgan fingerprint density at radius 2 is 2.00 bits per heavy atom. The third kappa shape index (κ3) is 4.35. The van der Waals surface area contributed by atoms with E-state index in [1.54, 1.807) is 18.2 Å².